The number of unbranched alkanes of at least 4 members (excludes halogenated alkanes) is 1. The van der Waals surface area contributed by atoms with Gasteiger partial charge in [-0.1, -0.05) is 67.9 Å². The SMILES string of the molecule is CCCC/C(=C(\c1ccc(O)cc1)c1ccc(OCCN2CCC[C@@H]2CO)cc1)c1ccccc1. The largest absolute Gasteiger partial charge is 0.508 e. The van der Waals surface area contributed by atoms with E-state index in [4.69, 9.17) is 4.74 Å². The number of aliphatic hydroxyl groups is 1. The molecule has 1 saturated heterocycles. The minimum atomic E-state index is 0.225. The van der Waals surface area contributed by atoms with Gasteiger partial charge in [-0.15, -0.1) is 0 Å². The Kier molecular flexibility index (Phi) is 8.99. The molecule has 0 bridgehead atoms. The molecule has 35 heavy (non-hydrogen) atoms. The zero-order valence-electron chi connectivity index (χ0n) is 20.7. The number of aliphatic hydroxyl groups excluding tert-OH is 1. The number of rotatable bonds is 11. The first-order valence-corrected chi connectivity index (χ1v) is 12.9. The van der Waals surface area contributed by atoms with Gasteiger partial charge in [0, 0.05) is 12.6 Å². The van der Waals surface area contributed by atoms with Crippen molar-refractivity contribution < 1.29 is 14.9 Å². The average molecular weight is 472 g/mol. The number of aromatic hydroxyl groups is 1. The van der Waals surface area contributed by atoms with E-state index >= 15 is 0 Å². The van der Waals surface area contributed by atoms with Crippen molar-refractivity contribution >= 4 is 11.1 Å². The van der Waals surface area contributed by atoms with Crippen LogP contribution >= 0.6 is 0 Å². The molecule has 0 aliphatic carbocycles. The van der Waals surface area contributed by atoms with Crippen LogP contribution in [0.25, 0.3) is 11.1 Å². The Hall–Kier alpha value is -3.08. The Morgan fingerprint density at radius 3 is 2.26 bits per heavy atom. The van der Waals surface area contributed by atoms with Gasteiger partial charge in [-0.05, 0) is 84.3 Å². The van der Waals surface area contributed by atoms with Crippen LogP contribution in [-0.4, -0.2) is 47.5 Å². The number of ether oxygens (including phenoxy) is 1. The lowest BCUT2D eigenvalue weighted by Crippen LogP contribution is -2.35. The highest BCUT2D eigenvalue weighted by Crippen LogP contribution is 2.36. The fourth-order valence-corrected chi connectivity index (χ4v) is 4.94. The number of nitrogens with zero attached hydrogens (tertiary/aromatic N) is 1. The average Bonchev–Trinajstić information content (AvgIpc) is 3.36. The molecule has 4 nitrogen and oxygen atoms in total. The minimum Gasteiger partial charge on any atom is -0.508 e. The molecule has 0 radical (unpaired) electrons. The van der Waals surface area contributed by atoms with Crippen molar-refractivity contribution in [3.05, 3.63) is 95.6 Å². The molecular weight excluding hydrogens is 434 g/mol. The van der Waals surface area contributed by atoms with Crippen molar-refractivity contribution in [2.45, 2.75) is 45.1 Å². The van der Waals surface area contributed by atoms with Gasteiger partial charge >= 0.3 is 0 Å². The number of allylic oxidation sites excluding steroid dienone is 1. The maximum absolute atomic E-state index is 9.89. The van der Waals surface area contributed by atoms with Gasteiger partial charge in [0.25, 0.3) is 0 Å². The van der Waals surface area contributed by atoms with Crippen molar-refractivity contribution in [1.82, 2.24) is 4.90 Å². The standard InChI is InChI=1S/C31H37NO3/c1-2-3-11-30(24-8-5-4-6-9-24)31(25-12-16-28(34)17-13-25)26-14-18-29(19-15-26)35-22-21-32-20-7-10-27(32)23-33/h4-6,8-9,12-19,27,33-34H,2-3,7,10-11,20-23H2,1H3/b31-30-/t27-/m1/s1. The number of hydrogen-bond donors (Lipinski definition) is 2. The minimum absolute atomic E-state index is 0.225. The predicted molar refractivity (Wildman–Crippen MR) is 144 cm³/mol. The Morgan fingerprint density at radius 2 is 1.60 bits per heavy atom. The van der Waals surface area contributed by atoms with Crippen LogP contribution in [-0.2, 0) is 0 Å². The van der Waals surface area contributed by atoms with Crippen LogP contribution in [0.1, 0.15) is 55.7 Å². The summed E-state index contributed by atoms with van der Waals surface area (Å²) in [5, 5.41) is 19.4. The molecule has 0 unspecified atom stereocenters. The van der Waals surface area contributed by atoms with E-state index in [1.165, 1.54) is 16.7 Å². The molecule has 2 N–H and O–H groups in total. The van der Waals surface area contributed by atoms with Crippen molar-refractivity contribution in [1.29, 1.82) is 0 Å². The van der Waals surface area contributed by atoms with Crippen molar-refractivity contribution in [3.63, 3.8) is 0 Å². The van der Waals surface area contributed by atoms with Gasteiger partial charge in [0.15, 0.2) is 0 Å². The lowest BCUT2D eigenvalue weighted by Gasteiger charge is -2.22. The molecule has 0 amide bonds. The van der Waals surface area contributed by atoms with Gasteiger partial charge in [0.1, 0.15) is 18.1 Å². The number of phenolic OH excluding ortho intramolecular Hbond substituents is 1. The second-order valence-corrected chi connectivity index (χ2v) is 9.26. The van der Waals surface area contributed by atoms with E-state index in [0.29, 0.717) is 6.61 Å². The summed E-state index contributed by atoms with van der Waals surface area (Å²) < 4.78 is 6.05. The topological polar surface area (TPSA) is 52.9 Å². The predicted octanol–water partition coefficient (Wildman–Crippen LogP) is 6.38. The fourth-order valence-electron chi connectivity index (χ4n) is 4.94. The summed E-state index contributed by atoms with van der Waals surface area (Å²) in [7, 11) is 0. The third-order valence-electron chi connectivity index (χ3n) is 6.86. The summed E-state index contributed by atoms with van der Waals surface area (Å²) in [5.41, 5.74) is 5.97. The quantitative estimate of drug-likeness (QED) is 0.319. The van der Waals surface area contributed by atoms with Gasteiger partial charge in [-0.3, -0.25) is 4.90 Å². The summed E-state index contributed by atoms with van der Waals surface area (Å²) >= 11 is 0. The number of benzene rings is 3. The normalized spacial score (nSPS) is 16.8. The molecule has 3 aromatic carbocycles. The van der Waals surface area contributed by atoms with E-state index in [2.05, 4.69) is 54.3 Å². The third kappa shape index (κ3) is 6.53. The van der Waals surface area contributed by atoms with Crippen LogP contribution < -0.4 is 4.74 Å². The maximum atomic E-state index is 9.89. The molecule has 4 rings (SSSR count). The molecule has 4 heteroatoms. The molecule has 1 fully saturated rings. The lowest BCUT2D eigenvalue weighted by atomic mass is 9.87. The van der Waals surface area contributed by atoms with E-state index in [1.54, 1.807) is 12.1 Å². The molecule has 3 aromatic rings. The summed E-state index contributed by atoms with van der Waals surface area (Å²) in [6, 6.07) is 26.8. The smallest absolute Gasteiger partial charge is 0.119 e. The van der Waals surface area contributed by atoms with E-state index in [-0.39, 0.29) is 18.4 Å². The first kappa shape index (κ1) is 25.0. The highest BCUT2D eigenvalue weighted by molar-refractivity contribution is 5.98. The lowest BCUT2D eigenvalue weighted by molar-refractivity contribution is 0.139. The molecule has 184 valence electrons. The highest BCUT2D eigenvalue weighted by Gasteiger charge is 2.23. The summed E-state index contributed by atoms with van der Waals surface area (Å²) in [4.78, 5) is 2.32. The van der Waals surface area contributed by atoms with E-state index in [0.717, 1.165) is 62.1 Å². The molecule has 1 heterocycles. The Balaban J connectivity index is 1.61. The van der Waals surface area contributed by atoms with Crippen LogP contribution in [0, 0.1) is 0 Å². The Labute approximate surface area is 209 Å². The van der Waals surface area contributed by atoms with Gasteiger partial charge in [0.2, 0.25) is 0 Å². The molecule has 0 spiro atoms. The number of phenols is 1. The van der Waals surface area contributed by atoms with Crippen molar-refractivity contribution in [3.8, 4) is 11.5 Å². The summed E-state index contributed by atoms with van der Waals surface area (Å²) in [5.74, 6) is 1.13. The number of likely N-dealkylation sites (tertiary alicyclic amines) is 1. The zero-order valence-corrected chi connectivity index (χ0v) is 20.7. The zero-order chi connectivity index (χ0) is 24.5. The van der Waals surface area contributed by atoms with Crippen LogP contribution in [0.3, 0.4) is 0 Å². The fraction of sp³-hybridized carbons (Fsp3) is 0.355. The summed E-state index contributed by atoms with van der Waals surface area (Å²) in [6.07, 6.45) is 5.43. The molecule has 1 aliphatic heterocycles. The molecular formula is C31H37NO3. The van der Waals surface area contributed by atoms with Crippen LogP contribution in [0.5, 0.6) is 11.5 Å². The molecule has 0 aromatic heterocycles. The third-order valence-corrected chi connectivity index (χ3v) is 6.86. The highest BCUT2D eigenvalue weighted by atomic mass is 16.5. The van der Waals surface area contributed by atoms with E-state index < -0.39 is 0 Å². The molecule has 0 saturated carbocycles. The van der Waals surface area contributed by atoms with Crippen LogP contribution in [0.2, 0.25) is 0 Å². The van der Waals surface area contributed by atoms with E-state index in [1.807, 2.05) is 24.3 Å². The Bertz CT molecular complexity index is 1070. The molecule has 1 atom stereocenters. The van der Waals surface area contributed by atoms with E-state index in [9.17, 15) is 10.2 Å². The van der Waals surface area contributed by atoms with Crippen LogP contribution in [0.4, 0.5) is 0 Å². The van der Waals surface area contributed by atoms with Crippen molar-refractivity contribution in [2.75, 3.05) is 26.3 Å². The van der Waals surface area contributed by atoms with Crippen LogP contribution in [0.15, 0.2) is 78.9 Å². The van der Waals surface area contributed by atoms with Gasteiger partial charge in [-0.25, -0.2) is 0 Å². The Morgan fingerprint density at radius 1 is 0.914 bits per heavy atom. The first-order chi connectivity index (χ1) is 17.2. The van der Waals surface area contributed by atoms with Gasteiger partial charge < -0.3 is 14.9 Å². The monoisotopic (exact) mass is 471 g/mol. The first-order valence-electron chi connectivity index (χ1n) is 12.9. The second kappa shape index (κ2) is 12.6. The van der Waals surface area contributed by atoms with Gasteiger partial charge in [-0.2, -0.15) is 0 Å². The summed E-state index contributed by atoms with van der Waals surface area (Å²) in [6.45, 7) is 4.93. The molecule has 1 aliphatic rings. The maximum Gasteiger partial charge on any atom is 0.119 e. The number of hydrogen-bond acceptors (Lipinski definition) is 4. The van der Waals surface area contributed by atoms with Crippen molar-refractivity contribution in [2.24, 2.45) is 0 Å². The second-order valence-electron chi connectivity index (χ2n) is 9.26. The van der Waals surface area contributed by atoms with Gasteiger partial charge in [0.05, 0.1) is 6.61 Å².